The van der Waals surface area contributed by atoms with Crippen molar-refractivity contribution in [2.24, 2.45) is 0 Å². The van der Waals surface area contributed by atoms with E-state index in [1.807, 2.05) is 0 Å². The molecule has 0 fully saturated rings. The Morgan fingerprint density at radius 1 is 0.595 bits per heavy atom. The molecule has 0 aliphatic carbocycles. The predicted molar refractivity (Wildman–Crippen MR) is 182 cm³/mol. The summed E-state index contributed by atoms with van der Waals surface area (Å²) < 4.78 is 13.1. The third-order valence-corrected chi connectivity index (χ3v) is 7.75. The molecule has 1 unspecified atom stereocenters. The van der Waals surface area contributed by atoms with Crippen LogP contribution in [0.25, 0.3) is 0 Å². The maximum atomic E-state index is 13.1. The van der Waals surface area contributed by atoms with Crippen molar-refractivity contribution in [3.8, 4) is 0 Å². The molecular formula is C37H67FN4. The highest BCUT2D eigenvalue weighted by molar-refractivity contribution is 5.34. The average molecular weight is 587 g/mol. The molecule has 2 heterocycles. The Kier molecular flexibility index (Phi) is 16.0. The third kappa shape index (κ3) is 11.6. The lowest BCUT2D eigenvalue weighted by Crippen LogP contribution is -2.21. The molecule has 3 atom stereocenters. The van der Waals surface area contributed by atoms with Gasteiger partial charge in [0.2, 0.25) is 0 Å². The maximum Gasteiger partial charge on any atom is 0.131 e. The molecule has 0 N–H and O–H groups in total. The van der Waals surface area contributed by atoms with Gasteiger partial charge >= 0.3 is 0 Å². The molecular weight excluding hydrogens is 519 g/mol. The van der Waals surface area contributed by atoms with Gasteiger partial charge in [-0.3, -0.25) is 0 Å². The molecule has 0 aliphatic rings. The highest BCUT2D eigenvalue weighted by Crippen LogP contribution is 2.34. The van der Waals surface area contributed by atoms with Gasteiger partial charge < -0.3 is 0 Å². The molecule has 0 amide bonds. The summed E-state index contributed by atoms with van der Waals surface area (Å²) in [6.07, 6.45) is 4.27. The lowest BCUT2D eigenvalue weighted by molar-refractivity contribution is 0.325. The molecule has 0 saturated carbocycles. The first-order chi connectivity index (χ1) is 18.7. The molecule has 5 heteroatoms. The largest absolute Gasteiger partial charge is 0.248 e. The highest BCUT2D eigenvalue weighted by Gasteiger charge is 2.27. The van der Waals surface area contributed by atoms with Gasteiger partial charge in [0, 0.05) is 34.1 Å². The molecule has 0 bridgehead atoms. The Hall–Kier alpha value is -1.91. The standard InChI is InChI=1S/C18H31FN2.C18H32N2.CH4/c1-11(2)15-14(5)20-17(12(3)9-10-13(4)19)21-16(15)18(6,7)8;1-9-10-11-13(4)17-19-14(5)15(12(2)3)16(20-17)18(6,7)8;/h11-13H,9-10H2,1-8H3;12-13H,9-11H2,1-8H3;1H4/t12-,13?;13-;/m00./s1. The molecule has 2 aromatic rings. The van der Waals surface area contributed by atoms with Crippen LogP contribution in [-0.4, -0.2) is 26.1 Å². The second-order valence-corrected chi connectivity index (χ2v) is 15.0. The number of aryl methyl sites for hydroxylation is 2. The normalized spacial score (nSPS) is 14.3. The van der Waals surface area contributed by atoms with Crippen LogP contribution >= 0.6 is 0 Å². The molecule has 0 aliphatic heterocycles. The monoisotopic (exact) mass is 587 g/mol. The molecule has 0 saturated heterocycles. The lowest BCUT2D eigenvalue weighted by atomic mass is 9.84. The van der Waals surface area contributed by atoms with Gasteiger partial charge in [-0.15, -0.1) is 0 Å². The number of alkyl halides is 1. The van der Waals surface area contributed by atoms with Crippen LogP contribution in [0.3, 0.4) is 0 Å². The lowest BCUT2D eigenvalue weighted by Gasteiger charge is -2.26. The first kappa shape index (κ1) is 40.1. The molecule has 0 radical (unpaired) electrons. The summed E-state index contributed by atoms with van der Waals surface area (Å²) in [5.41, 5.74) is 7.28. The van der Waals surface area contributed by atoms with Gasteiger partial charge in [0.1, 0.15) is 11.6 Å². The summed E-state index contributed by atoms with van der Waals surface area (Å²) in [6.45, 7) is 34.6. The molecule has 242 valence electrons. The summed E-state index contributed by atoms with van der Waals surface area (Å²) in [5.74, 6) is 3.44. The fourth-order valence-electron chi connectivity index (χ4n) is 5.42. The van der Waals surface area contributed by atoms with Gasteiger partial charge in [-0.2, -0.15) is 0 Å². The minimum absolute atomic E-state index is 0. The van der Waals surface area contributed by atoms with Gasteiger partial charge in [0.05, 0.1) is 17.6 Å². The summed E-state index contributed by atoms with van der Waals surface area (Å²) in [5, 5.41) is 0. The van der Waals surface area contributed by atoms with Crippen molar-refractivity contribution in [3.05, 3.63) is 45.6 Å². The molecule has 4 nitrogen and oxygen atoms in total. The zero-order valence-electron chi connectivity index (χ0n) is 29.6. The summed E-state index contributed by atoms with van der Waals surface area (Å²) >= 11 is 0. The van der Waals surface area contributed by atoms with Crippen LogP contribution in [-0.2, 0) is 10.8 Å². The molecule has 42 heavy (non-hydrogen) atoms. The SMILES string of the molecule is C.CCCC[C@H](C)c1nc(C)c(C(C)C)c(C(C)(C)C)n1.Cc1nc([C@@H](C)CCC(C)F)nc(C(C)(C)C)c1C(C)C. The number of aromatic nitrogens is 4. The van der Waals surface area contributed by atoms with Crippen LogP contribution in [0, 0.1) is 13.8 Å². The van der Waals surface area contributed by atoms with Crippen molar-refractivity contribution < 1.29 is 4.39 Å². The fourth-order valence-corrected chi connectivity index (χ4v) is 5.42. The van der Waals surface area contributed by atoms with E-state index in [2.05, 4.69) is 104 Å². The van der Waals surface area contributed by atoms with Gasteiger partial charge in [-0.05, 0) is 63.0 Å². The number of nitrogens with zero attached hydrogens (tertiary/aromatic N) is 4. The Labute approximate surface area is 260 Å². The topological polar surface area (TPSA) is 51.6 Å². The number of halogens is 1. The molecule has 0 aromatic carbocycles. The van der Waals surface area contributed by atoms with Gasteiger partial charge in [0.25, 0.3) is 0 Å². The van der Waals surface area contributed by atoms with E-state index >= 15 is 0 Å². The second kappa shape index (κ2) is 16.8. The van der Waals surface area contributed by atoms with E-state index in [4.69, 9.17) is 19.9 Å². The van der Waals surface area contributed by atoms with E-state index in [-0.39, 0.29) is 24.2 Å². The smallest absolute Gasteiger partial charge is 0.131 e. The van der Waals surface area contributed by atoms with E-state index < -0.39 is 6.17 Å². The number of hydrogen-bond acceptors (Lipinski definition) is 4. The van der Waals surface area contributed by atoms with Crippen LogP contribution < -0.4 is 0 Å². The van der Waals surface area contributed by atoms with E-state index in [1.54, 1.807) is 6.92 Å². The molecule has 2 aromatic heterocycles. The van der Waals surface area contributed by atoms with E-state index in [1.165, 1.54) is 41.8 Å². The van der Waals surface area contributed by atoms with Crippen molar-refractivity contribution >= 4 is 0 Å². The zero-order valence-corrected chi connectivity index (χ0v) is 29.6. The Balaban J connectivity index is 0.000000783. The third-order valence-electron chi connectivity index (χ3n) is 7.75. The Morgan fingerprint density at radius 3 is 1.24 bits per heavy atom. The van der Waals surface area contributed by atoms with E-state index in [0.29, 0.717) is 24.2 Å². The summed E-state index contributed by atoms with van der Waals surface area (Å²) in [6, 6.07) is 0. The summed E-state index contributed by atoms with van der Waals surface area (Å²) in [4.78, 5) is 19.4. The Morgan fingerprint density at radius 2 is 0.952 bits per heavy atom. The average Bonchev–Trinajstić information content (AvgIpc) is 2.83. The minimum atomic E-state index is -0.759. The highest BCUT2D eigenvalue weighted by atomic mass is 19.1. The number of hydrogen-bond donors (Lipinski definition) is 0. The van der Waals surface area contributed by atoms with E-state index in [0.717, 1.165) is 29.5 Å². The van der Waals surface area contributed by atoms with Crippen molar-refractivity contribution in [1.82, 2.24) is 19.9 Å². The van der Waals surface area contributed by atoms with Crippen LogP contribution in [0.4, 0.5) is 4.39 Å². The van der Waals surface area contributed by atoms with Crippen molar-refractivity contribution in [2.75, 3.05) is 0 Å². The van der Waals surface area contributed by atoms with Gasteiger partial charge in [-0.1, -0.05) is 110 Å². The minimum Gasteiger partial charge on any atom is -0.248 e. The quantitative estimate of drug-likeness (QED) is 0.278. The number of rotatable bonds is 10. The van der Waals surface area contributed by atoms with Gasteiger partial charge in [0.15, 0.2) is 0 Å². The van der Waals surface area contributed by atoms with Crippen LogP contribution in [0.5, 0.6) is 0 Å². The Bertz CT molecular complexity index is 1090. The number of unbranched alkanes of at least 4 members (excludes halogenated alkanes) is 1. The second-order valence-electron chi connectivity index (χ2n) is 15.0. The van der Waals surface area contributed by atoms with Crippen LogP contribution in [0.1, 0.15) is 206 Å². The van der Waals surface area contributed by atoms with Crippen molar-refractivity contribution in [3.63, 3.8) is 0 Å². The van der Waals surface area contributed by atoms with E-state index in [9.17, 15) is 4.39 Å². The molecule has 0 spiro atoms. The zero-order chi connectivity index (χ0) is 31.9. The van der Waals surface area contributed by atoms with Crippen molar-refractivity contribution in [1.29, 1.82) is 0 Å². The first-order valence-corrected chi connectivity index (χ1v) is 16.1. The summed E-state index contributed by atoms with van der Waals surface area (Å²) in [7, 11) is 0. The van der Waals surface area contributed by atoms with Crippen molar-refractivity contribution in [2.45, 2.75) is 191 Å². The van der Waals surface area contributed by atoms with Gasteiger partial charge in [-0.25, -0.2) is 24.3 Å². The fraction of sp³-hybridized carbons (Fsp3) is 0.784. The molecule has 2 rings (SSSR count). The van der Waals surface area contributed by atoms with Crippen LogP contribution in [0.15, 0.2) is 0 Å². The first-order valence-electron chi connectivity index (χ1n) is 16.1. The van der Waals surface area contributed by atoms with Crippen LogP contribution in [0.2, 0.25) is 0 Å². The predicted octanol–water partition coefficient (Wildman–Crippen LogP) is 11.6. The maximum absolute atomic E-state index is 13.1.